The van der Waals surface area contributed by atoms with Crippen molar-refractivity contribution in [2.75, 3.05) is 11.9 Å². The normalized spacial score (nSPS) is 16.8. The smallest absolute Gasteiger partial charge is 0.124 e. The number of hydrogen-bond acceptors (Lipinski definition) is 2. The number of rotatable bonds is 4. The molecule has 0 fully saturated rings. The second-order valence-electron chi connectivity index (χ2n) is 4.94. The van der Waals surface area contributed by atoms with E-state index in [9.17, 15) is 0 Å². The van der Waals surface area contributed by atoms with Crippen LogP contribution in [-0.2, 0) is 6.42 Å². The number of benzene rings is 2. The fraction of sp³-hybridized carbons (Fsp3) is 0.294. The topological polar surface area (TPSA) is 21.3 Å². The van der Waals surface area contributed by atoms with Gasteiger partial charge in [-0.3, -0.25) is 0 Å². The molecule has 1 heterocycles. The number of anilines is 1. The largest absolute Gasteiger partial charge is 0.493 e. The summed E-state index contributed by atoms with van der Waals surface area (Å²) in [6, 6.07) is 17.2. The first kappa shape index (κ1) is 12.1. The van der Waals surface area contributed by atoms with Crippen LogP contribution in [0.4, 0.5) is 5.69 Å². The summed E-state index contributed by atoms with van der Waals surface area (Å²) in [4.78, 5) is 0. The summed E-state index contributed by atoms with van der Waals surface area (Å²) in [6.07, 6.45) is 2.06. The predicted octanol–water partition coefficient (Wildman–Crippen LogP) is 4.18. The number of para-hydroxylation sites is 2. The zero-order chi connectivity index (χ0) is 13.1. The van der Waals surface area contributed by atoms with E-state index in [4.69, 9.17) is 4.74 Å². The van der Waals surface area contributed by atoms with Crippen LogP contribution in [0.25, 0.3) is 0 Å². The van der Waals surface area contributed by atoms with E-state index in [0.29, 0.717) is 6.04 Å². The predicted molar refractivity (Wildman–Crippen MR) is 78.7 cm³/mol. The van der Waals surface area contributed by atoms with Crippen LogP contribution in [0.5, 0.6) is 5.75 Å². The molecule has 2 aromatic rings. The van der Waals surface area contributed by atoms with Crippen molar-refractivity contribution in [2.24, 2.45) is 0 Å². The summed E-state index contributed by atoms with van der Waals surface area (Å²) in [7, 11) is 0. The third-order valence-electron chi connectivity index (χ3n) is 3.53. The van der Waals surface area contributed by atoms with E-state index in [1.165, 1.54) is 16.8 Å². The highest BCUT2D eigenvalue weighted by molar-refractivity contribution is 5.59. The molecule has 0 aromatic heterocycles. The van der Waals surface area contributed by atoms with Crippen molar-refractivity contribution in [3.8, 4) is 5.75 Å². The number of fused-ring (bicyclic) bond motifs is 1. The fourth-order valence-electron chi connectivity index (χ4n) is 2.60. The molecule has 0 saturated carbocycles. The first-order valence-corrected chi connectivity index (χ1v) is 6.94. The summed E-state index contributed by atoms with van der Waals surface area (Å²) in [5, 5.41) is 3.59. The Balaban J connectivity index is 1.84. The monoisotopic (exact) mass is 253 g/mol. The van der Waals surface area contributed by atoms with Crippen molar-refractivity contribution in [1.82, 2.24) is 0 Å². The van der Waals surface area contributed by atoms with Gasteiger partial charge in [0, 0.05) is 11.3 Å². The molecule has 0 radical (unpaired) electrons. The Labute approximate surface area is 114 Å². The van der Waals surface area contributed by atoms with Crippen LogP contribution in [0, 0.1) is 0 Å². The number of hydrogen-bond donors (Lipinski definition) is 1. The maximum Gasteiger partial charge on any atom is 0.124 e. The minimum Gasteiger partial charge on any atom is -0.493 e. The third kappa shape index (κ3) is 2.43. The second kappa shape index (κ2) is 5.35. The highest BCUT2D eigenvalue weighted by Gasteiger charge is 2.23. The second-order valence-corrected chi connectivity index (χ2v) is 4.94. The molecule has 3 rings (SSSR count). The molecular weight excluding hydrogens is 234 g/mol. The standard InChI is InChI=1S/C17H19NO/c1-2-11-19-17-10-6-4-8-14(17)16-12-13-7-3-5-9-15(13)18-16/h3-10,16,18H,2,11-12H2,1H3. The molecule has 0 bridgehead atoms. The lowest BCUT2D eigenvalue weighted by Crippen LogP contribution is -2.08. The SMILES string of the molecule is CCCOc1ccccc1C1Cc2ccccc2N1. The number of ether oxygens (including phenoxy) is 1. The molecule has 0 amide bonds. The molecule has 2 nitrogen and oxygen atoms in total. The van der Waals surface area contributed by atoms with Crippen LogP contribution in [-0.4, -0.2) is 6.61 Å². The van der Waals surface area contributed by atoms with Gasteiger partial charge in [0.2, 0.25) is 0 Å². The molecule has 19 heavy (non-hydrogen) atoms. The van der Waals surface area contributed by atoms with Gasteiger partial charge >= 0.3 is 0 Å². The van der Waals surface area contributed by atoms with Gasteiger partial charge in [0.25, 0.3) is 0 Å². The first-order chi connectivity index (χ1) is 9.38. The van der Waals surface area contributed by atoms with E-state index < -0.39 is 0 Å². The minimum absolute atomic E-state index is 0.324. The molecule has 0 spiro atoms. The Hall–Kier alpha value is -1.96. The van der Waals surface area contributed by atoms with E-state index in [-0.39, 0.29) is 0 Å². The van der Waals surface area contributed by atoms with E-state index in [1.54, 1.807) is 0 Å². The Morgan fingerprint density at radius 3 is 2.74 bits per heavy atom. The van der Waals surface area contributed by atoms with Crippen molar-refractivity contribution < 1.29 is 4.74 Å². The van der Waals surface area contributed by atoms with Gasteiger partial charge in [-0.15, -0.1) is 0 Å². The maximum absolute atomic E-state index is 5.86. The van der Waals surface area contributed by atoms with Crippen LogP contribution in [0.3, 0.4) is 0 Å². The lowest BCUT2D eigenvalue weighted by Gasteiger charge is -2.16. The summed E-state index contributed by atoms with van der Waals surface area (Å²) in [6.45, 7) is 2.91. The van der Waals surface area contributed by atoms with Crippen molar-refractivity contribution >= 4 is 5.69 Å². The summed E-state index contributed by atoms with van der Waals surface area (Å²) in [5.41, 5.74) is 3.89. The van der Waals surface area contributed by atoms with Crippen molar-refractivity contribution in [3.63, 3.8) is 0 Å². The average molecular weight is 253 g/mol. The highest BCUT2D eigenvalue weighted by atomic mass is 16.5. The Morgan fingerprint density at radius 2 is 1.89 bits per heavy atom. The van der Waals surface area contributed by atoms with Gasteiger partial charge in [-0.05, 0) is 30.5 Å². The van der Waals surface area contributed by atoms with E-state index in [0.717, 1.165) is 25.2 Å². The van der Waals surface area contributed by atoms with Crippen LogP contribution in [0.15, 0.2) is 48.5 Å². The van der Waals surface area contributed by atoms with Gasteiger partial charge in [0.05, 0.1) is 12.6 Å². The van der Waals surface area contributed by atoms with Gasteiger partial charge < -0.3 is 10.1 Å². The van der Waals surface area contributed by atoms with Crippen molar-refractivity contribution in [2.45, 2.75) is 25.8 Å². The molecule has 1 aliphatic rings. The maximum atomic E-state index is 5.86. The third-order valence-corrected chi connectivity index (χ3v) is 3.53. The summed E-state index contributed by atoms with van der Waals surface area (Å²) >= 11 is 0. The minimum atomic E-state index is 0.324. The van der Waals surface area contributed by atoms with Crippen LogP contribution in [0.2, 0.25) is 0 Å². The molecule has 1 aliphatic heterocycles. The molecule has 1 atom stereocenters. The summed E-state index contributed by atoms with van der Waals surface area (Å²) in [5.74, 6) is 1.01. The first-order valence-electron chi connectivity index (χ1n) is 6.94. The Morgan fingerprint density at radius 1 is 1.11 bits per heavy atom. The van der Waals surface area contributed by atoms with E-state index in [1.807, 2.05) is 6.07 Å². The molecule has 1 unspecified atom stereocenters. The highest BCUT2D eigenvalue weighted by Crippen LogP contribution is 2.37. The average Bonchev–Trinajstić information content (AvgIpc) is 2.89. The molecular formula is C17H19NO. The van der Waals surface area contributed by atoms with Gasteiger partial charge in [0.1, 0.15) is 5.75 Å². The fourth-order valence-corrected chi connectivity index (χ4v) is 2.60. The molecule has 98 valence electrons. The van der Waals surface area contributed by atoms with Gasteiger partial charge in [0.15, 0.2) is 0 Å². The quantitative estimate of drug-likeness (QED) is 0.882. The summed E-state index contributed by atoms with van der Waals surface area (Å²) < 4.78 is 5.86. The van der Waals surface area contributed by atoms with Crippen LogP contribution < -0.4 is 10.1 Å². The van der Waals surface area contributed by atoms with Crippen molar-refractivity contribution in [3.05, 3.63) is 59.7 Å². The zero-order valence-corrected chi connectivity index (χ0v) is 11.2. The van der Waals surface area contributed by atoms with Gasteiger partial charge in [-0.2, -0.15) is 0 Å². The van der Waals surface area contributed by atoms with Crippen molar-refractivity contribution in [1.29, 1.82) is 0 Å². The Bertz CT molecular complexity index is 540. The van der Waals surface area contributed by atoms with E-state index >= 15 is 0 Å². The van der Waals surface area contributed by atoms with Gasteiger partial charge in [-0.1, -0.05) is 43.3 Å². The van der Waals surface area contributed by atoms with E-state index in [2.05, 4.69) is 54.7 Å². The molecule has 0 saturated heterocycles. The lowest BCUT2D eigenvalue weighted by atomic mass is 10.0. The molecule has 2 aromatic carbocycles. The lowest BCUT2D eigenvalue weighted by molar-refractivity contribution is 0.313. The van der Waals surface area contributed by atoms with Crippen LogP contribution >= 0.6 is 0 Å². The molecule has 1 N–H and O–H groups in total. The van der Waals surface area contributed by atoms with Crippen LogP contribution in [0.1, 0.15) is 30.5 Å². The zero-order valence-electron chi connectivity index (χ0n) is 11.2. The van der Waals surface area contributed by atoms with Gasteiger partial charge in [-0.25, -0.2) is 0 Å². The molecule has 2 heteroatoms. The number of nitrogens with one attached hydrogen (secondary N) is 1. The Kier molecular flexibility index (Phi) is 3.41. The molecule has 0 aliphatic carbocycles.